The van der Waals surface area contributed by atoms with E-state index < -0.39 is 0 Å². The van der Waals surface area contributed by atoms with Crippen molar-refractivity contribution in [1.82, 2.24) is 20.0 Å². The summed E-state index contributed by atoms with van der Waals surface area (Å²) in [6.45, 7) is 9.03. The van der Waals surface area contributed by atoms with Crippen LogP contribution in [0, 0.1) is 11.3 Å². The Kier molecular flexibility index (Phi) is 5.82. The van der Waals surface area contributed by atoms with Crippen molar-refractivity contribution in [1.29, 1.82) is 0 Å². The molecule has 1 saturated carbocycles. The molecule has 1 aliphatic rings. The minimum absolute atomic E-state index is 0.449. The van der Waals surface area contributed by atoms with Crippen LogP contribution in [0.1, 0.15) is 45.1 Å². The summed E-state index contributed by atoms with van der Waals surface area (Å²) in [4.78, 5) is 2.48. The van der Waals surface area contributed by atoms with Crippen molar-refractivity contribution in [3.05, 3.63) is 18.0 Å². The molecular formula is C17H32N4. The maximum atomic E-state index is 4.27. The minimum Gasteiger partial charge on any atom is -0.316 e. The van der Waals surface area contributed by atoms with Crippen molar-refractivity contribution in [3.8, 4) is 0 Å². The molecule has 1 N–H and O–H groups in total. The average Bonchev–Trinajstić information content (AvgIpc) is 2.81. The molecule has 120 valence electrons. The number of rotatable bonds is 7. The zero-order valence-corrected chi connectivity index (χ0v) is 14.2. The Balaban J connectivity index is 1.96. The second-order valence-corrected chi connectivity index (χ2v) is 7.18. The number of hydrogen-bond acceptors (Lipinski definition) is 3. The molecule has 1 aromatic heterocycles. The van der Waals surface area contributed by atoms with Gasteiger partial charge in [0.2, 0.25) is 0 Å². The lowest BCUT2D eigenvalue weighted by Gasteiger charge is -2.42. The minimum atomic E-state index is 0.449. The van der Waals surface area contributed by atoms with Crippen LogP contribution in [0.15, 0.2) is 12.4 Å². The molecule has 1 aliphatic carbocycles. The molecule has 4 nitrogen and oxygen atoms in total. The Hall–Kier alpha value is -0.870. The lowest BCUT2D eigenvalue weighted by molar-refractivity contribution is 0.0895. The first-order chi connectivity index (χ1) is 10.0. The van der Waals surface area contributed by atoms with Gasteiger partial charge in [0.05, 0.1) is 6.20 Å². The fourth-order valence-electron chi connectivity index (χ4n) is 4.01. The van der Waals surface area contributed by atoms with Crippen molar-refractivity contribution in [2.75, 3.05) is 26.7 Å². The first-order valence-electron chi connectivity index (χ1n) is 8.40. The summed E-state index contributed by atoms with van der Waals surface area (Å²) >= 11 is 0. The van der Waals surface area contributed by atoms with E-state index in [9.17, 15) is 0 Å². The van der Waals surface area contributed by atoms with Gasteiger partial charge in [0, 0.05) is 38.4 Å². The fourth-order valence-corrected chi connectivity index (χ4v) is 4.01. The van der Waals surface area contributed by atoms with Gasteiger partial charge >= 0.3 is 0 Å². The smallest absolute Gasteiger partial charge is 0.0534 e. The molecule has 0 aromatic carbocycles. The molecule has 0 bridgehead atoms. The van der Waals surface area contributed by atoms with Crippen molar-refractivity contribution >= 4 is 0 Å². The molecular weight excluding hydrogens is 260 g/mol. The molecule has 4 heteroatoms. The Morgan fingerprint density at radius 1 is 1.52 bits per heavy atom. The van der Waals surface area contributed by atoms with Crippen LogP contribution < -0.4 is 5.32 Å². The monoisotopic (exact) mass is 292 g/mol. The third-order valence-electron chi connectivity index (χ3n) is 4.75. The zero-order chi connectivity index (χ0) is 15.3. The molecule has 0 radical (unpaired) electrons. The van der Waals surface area contributed by atoms with Gasteiger partial charge in [0.25, 0.3) is 0 Å². The van der Waals surface area contributed by atoms with Crippen LogP contribution in [0.3, 0.4) is 0 Å². The molecule has 0 aliphatic heterocycles. The molecule has 1 heterocycles. The number of aromatic nitrogens is 2. The molecule has 2 atom stereocenters. The van der Waals surface area contributed by atoms with Crippen LogP contribution in [-0.2, 0) is 13.6 Å². The molecule has 0 saturated heterocycles. The first kappa shape index (κ1) is 16.5. The molecule has 0 spiro atoms. The van der Waals surface area contributed by atoms with Gasteiger partial charge in [-0.3, -0.25) is 4.68 Å². The predicted octanol–water partition coefficient (Wildman–Crippen LogP) is 2.66. The molecule has 1 fully saturated rings. The first-order valence-corrected chi connectivity index (χ1v) is 8.40. The van der Waals surface area contributed by atoms with Gasteiger partial charge in [-0.15, -0.1) is 0 Å². The summed E-state index contributed by atoms with van der Waals surface area (Å²) in [7, 11) is 4.24. The van der Waals surface area contributed by atoms with E-state index in [1.165, 1.54) is 37.8 Å². The van der Waals surface area contributed by atoms with E-state index in [-0.39, 0.29) is 0 Å². The standard InChI is InChI=1S/C17H32N4/c1-5-18-13-17(8-6-7-15(2)9-17)14-20(3)11-16-10-19-21(4)12-16/h10,12,15,18H,5-9,11,13-14H2,1-4H3. The summed E-state index contributed by atoms with van der Waals surface area (Å²) in [6, 6.07) is 0. The van der Waals surface area contributed by atoms with Crippen LogP contribution in [0.25, 0.3) is 0 Å². The third-order valence-corrected chi connectivity index (χ3v) is 4.75. The fraction of sp³-hybridized carbons (Fsp3) is 0.824. The van der Waals surface area contributed by atoms with Crippen LogP contribution in [0.2, 0.25) is 0 Å². The lowest BCUT2D eigenvalue weighted by atomic mass is 9.69. The summed E-state index contributed by atoms with van der Waals surface area (Å²) in [5.74, 6) is 0.865. The summed E-state index contributed by atoms with van der Waals surface area (Å²) in [6.07, 6.45) is 9.61. The average molecular weight is 292 g/mol. The highest BCUT2D eigenvalue weighted by atomic mass is 15.2. The van der Waals surface area contributed by atoms with Crippen LogP contribution in [0.4, 0.5) is 0 Å². The van der Waals surface area contributed by atoms with Gasteiger partial charge in [0.1, 0.15) is 0 Å². The van der Waals surface area contributed by atoms with Crippen molar-refractivity contribution in [3.63, 3.8) is 0 Å². The van der Waals surface area contributed by atoms with Gasteiger partial charge in [0.15, 0.2) is 0 Å². The molecule has 2 unspecified atom stereocenters. The predicted molar refractivity (Wildman–Crippen MR) is 88.2 cm³/mol. The molecule has 1 aromatic rings. The van der Waals surface area contributed by atoms with Gasteiger partial charge in [-0.25, -0.2) is 0 Å². The number of nitrogens with one attached hydrogen (secondary N) is 1. The van der Waals surface area contributed by atoms with E-state index in [4.69, 9.17) is 0 Å². The van der Waals surface area contributed by atoms with Crippen molar-refractivity contribution in [2.24, 2.45) is 18.4 Å². The zero-order valence-electron chi connectivity index (χ0n) is 14.2. The summed E-state index contributed by atoms with van der Waals surface area (Å²) in [5, 5.41) is 7.88. The van der Waals surface area contributed by atoms with Crippen molar-refractivity contribution < 1.29 is 0 Å². The van der Waals surface area contributed by atoms with Crippen molar-refractivity contribution in [2.45, 2.75) is 46.1 Å². The molecule has 2 rings (SSSR count). The molecule has 21 heavy (non-hydrogen) atoms. The number of aryl methyl sites for hydroxylation is 1. The second kappa shape index (κ2) is 7.41. The Morgan fingerprint density at radius 2 is 2.33 bits per heavy atom. The Morgan fingerprint density at radius 3 is 2.95 bits per heavy atom. The summed E-state index contributed by atoms with van der Waals surface area (Å²) < 4.78 is 1.89. The van der Waals surface area contributed by atoms with E-state index >= 15 is 0 Å². The highest BCUT2D eigenvalue weighted by Gasteiger charge is 2.35. The largest absolute Gasteiger partial charge is 0.316 e. The SMILES string of the molecule is CCNCC1(CN(C)Cc2cnn(C)c2)CCCC(C)C1. The topological polar surface area (TPSA) is 33.1 Å². The van der Waals surface area contributed by atoms with E-state index in [1.807, 2.05) is 17.9 Å². The quantitative estimate of drug-likeness (QED) is 0.839. The number of hydrogen-bond donors (Lipinski definition) is 1. The lowest BCUT2D eigenvalue weighted by Crippen LogP contribution is -2.45. The normalized spacial score (nSPS) is 26.4. The maximum Gasteiger partial charge on any atom is 0.0534 e. The highest BCUT2D eigenvalue weighted by molar-refractivity contribution is 5.03. The van der Waals surface area contributed by atoms with E-state index in [2.05, 4.69) is 42.4 Å². The second-order valence-electron chi connectivity index (χ2n) is 7.18. The van der Waals surface area contributed by atoms with Crippen LogP contribution in [0.5, 0.6) is 0 Å². The summed E-state index contributed by atoms with van der Waals surface area (Å²) in [5.41, 5.74) is 1.76. The third kappa shape index (κ3) is 4.82. The van der Waals surface area contributed by atoms with Gasteiger partial charge in [-0.2, -0.15) is 5.10 Å². The number of nitrogens with zero attached hydrogens (tertiary/aromatic N) is 3. The highest BCUT2D eigenvalue weighted by Crippen LogP contribution is 2.39. The Bertz CT molecular complexity index is 428. The maximum absolute atomic E-state index is 4.27. The van der Waals surface area contributed by atoms with E-state index in [0.717, 1.165) is 25.6 Å². The van der Waals surface area contributed by atoms with Crippen LogP contribution in [-0.4, -0.2) is 41.4 Å². The van der Waals surface area contributed by atoms with Crippen LogP contribution >= 0.6 is 0 Å². The Labute approximate surface area is 129 Å². The van der Waals surface area contributed by atoms with Gasteiger partial charge < -0.3 is 10.2 Å². The van der Waals surface area contributed by atoms with Gasteiger partial charge in [-0.1, -0.05) is 26.7 Å². The van der Waals surface area contributed by atoms with E-state index in [0.29, 0.717) is 5.41 Å². The molecule has 0 amide bonds. The van der Waals surface area contributed by atoms with Gasteiger partial charge in [-0.05, 0) is 37.8 Å². The van der Waals surface area contributed by atoms with E-state index in [1.54, 1.807) is 0 Å².